The number of rotatable bonds is 7. The van der Waals surface area contributed by atoms with Gasteiger partial charge in [-0.2, -0.15) is 0 Å². The summed E-state index contributed by atoms with van der Waals surface area (Å²) in [6.45, 7) is 0.666. The van der Waals surface area contributed by atoms with E-state index in [2.05, 4.69) is 5.32 Å². The van der Waals surface area contributed by atoms with E-state index >= 15 is 0 Å². The molecule has 0 bridgehead atoms. The van der Waals surface area contributed by atoms with Crippen molar-refractivity contribution in [2.75, 3.05) is 13.2 Å². The molecule has 0 amide bonds. The molecule has 3 unspecified atom stereocenters. The number of benzene rings is 1. The summed E-state index contributed by atoms with van der Waals surface area (Å²) < 4.78 is 18.7. The van der Waals surface area contributed by atoms with Crippen LogP contribution in [0.15, 0.2) is 24.3 Å². The second-order valence-electron chi connectivity index (χ2n) is 5.63. The summed E-state index contributed by atoms with van der Waals surface area (Å²) in [5.74, 6) is -0.296. The summed E-state index contributed by atoms with van der Waals surface area (Å²) in [4.78, 5) is 0. The number of aliphatic hydroxyl groups excluding tert-OH is 2. The van der Waals surface area contributed by atoms with E-state index in [-0.39, 0.29) is 31.2 Å². The van der Waals surface area contributed by atoms with Crippen molar-refractivity contribution in [1.29, 1.82) is 0 Å². The van der Waals surface area contributed by atoms with Crippen molar-refractivity contribution < 1.29 is 19.3 Å². The van der Waals surface area contributed by atoms with Gasteiger partial charge >= 0.3 is 0 Å². The Bertz CT molecular complexity index is 430. The molecule has 5 heteroatoms. The van der Waals surface area contributed by atoms with Crippen molar-refractivity contribution in [3.63, 3.8) is 0 Å². The minimum Gasteiger partial charge on any atom is -0.392 e. The fourth-order valence-corrected chi connectivity index (χ4v) is 2.62. The predicted molar refractivity (Wildman–Crippen MR) is 78.3 cm³/mol. The quantitative estimate of drug-likeness (QED) is 0.715. The van der Waals surface area contributed by atoms with Gasteiger partial charge in [-0.1, -0.05) is 31.0 Å². The van der Waals surface area contributed by atoms with Crippen molar-refractivity contribution in [2.45, 2.75) is 50.5 Å². The molecule has 1 aromatic rings. The molecular formula is C16H24FNO3. The fraction of sp³-hybridized carbons (Fsp3) is 0.625. The van der Waals surface area contributed by atoms with Crippen LogP contribution < -0.4 is 5.32 Å². The van der Waals surface area contributed by atoms with Gasteiger partial charge in [-0.05, 0) is 18.9 Å². The Morgan fingerprint density at radius 2 is 2.05 bits per heavy atom. The van der Waals surface area contributed by atoms with Crippen molar-refractivity contribution in [2.24, 2.45) is 0 Å². The number of nitrogens with one attached hydrogen (secondary N) is 1. The summed E-state index contributed by atoms with van der Waals surface area (Å²) in [5.41, 5.74) is 0.486. The maximum Gasteiger partial charge on any atom is 0.128 e. The van der Waals surface area contributed by atoms with Crippen LogP contribution in [-0.4, -0.2) is 41.6 Å². The molecule has 1 aliphatic rings. The highest BCUT2D eigenvalue weighted by Crippen LogP contribution is 2.18. The maximum atomic E-state index is 13.4. The monoisotopic (exact) mass is 297 g/mol. The first-order valence-corrected chi connectivity index (χ1v) is 7.57. The van der Waals surface area contributed by atoms with E-state index in [0.717, 1.165) is 25.7 Å². The van der Waals surface area contributed by atoms with Crippen molar-refractivity contribution in [3.8, 4) is 0 Å². The summed E-state index contributed by atoms with van der Waals surface area (Å²) in [5, 5.41) is 22.8. The molecule has 3 atom stereocenters. The van der Waals surface area contributed by atoms with Crippen LogP contribution in [0.2, 0.25) is 0 Å². The highest BCUT2D eigenvalue weighted by molar-refractivity contribution is 5.16. The van der Waals surface area contributed by atoms with Gasteiger partial charge in [-0.3, -0.25) is 0 Å². The Morgan fingerprint density at radius 3 is 2.81 bits per heavy atom. The Morgan fingerprint density at radius 1 is 1.29 bits per heavy atom. The summed E-state index contributed by atoms with van der Waals surface area (Å²) >= 11 is 0. The van der Waals surface area contributed by atoms with Crippen molar-refractivity contribution >= 4 is 0 Å². The number of halogens is 1. The molecule has 1 aromatic carbocycles. The van der Waals surface area contributed by atoms with Gasteiger partial charge in [0.1, 0.15) is 5.82 Å². The first-order chi connectivity index (χ1) is 10.2. The standard InChI is InChI=1S/C16H24FNO3/c17-14-6-2-1-5-12(14)10-21-11-13(19)9-18-15-7-3-4-8-16(15)20/h1-2,5-6,13,15-16,18-20H,3-4,7-11H2. The molecule has 3 N–H and O–H groups in total. The lowest BCUT2D eigenvalue weighted by molar-refractivity contribution is 0.0200. The number of hydrogen-bond acceptors (Lipinski definition) is 4. The lowest BCUT2D eigenvalue weighted by Crippen LogP contribution is -2.45. The smallest absolute Gasteiger partial charge is 0.128 e. The average molecular weight is 297 g/mol. The van der Waals surface area contributed by atoms with Gasteiger partial charge < -0.3 is 20.3 Å². The van der Waals surface area contributed by atoms with Gasteiger partial charge in [0.25, 0.3) is 0 Å². The van der Waals surface area contributed by atoms with Crippen LogP contribution >= 0.6 is 0 Å². The van der Waals surface area contributed by atoms with Gasteiger partial charge in [0.2, 0.25) is 0 Å². The third-order valence-corrected chi connectivity index (χ3v) is 3.87. The first-order valence-electron chi connectivity index (χ1n) is 7.57. The zero-order valence-electron chi connectivity index (χ0n) is 12.2. The van der Waals surface area contributed by atoms with Crippen LogP contribution in [-0.2, 0) is 11.3 Å². The largest absolute Gasteiger partial charge is 0.392 e. The first kappa shape index (κ1) is 16.4. The minimum absolute atomic E-state index is 0.0555. The highest BCUT2D eigenvalue weighted by atomic mass is 19.1. The third kappa shape index (κ3) is 5.36. The van der Waals surface area contributed by atoms with E-state index in [1.54, 1.807) is 18.2 Å². The van der Waals surface area contributed by atoms with E-state index in [9.17, 15) is 14.6 Å². The van der Waals surface area contributed by atoms with Crippen LogP contribution in [0.1, 0.15) is 31.2 Å². The lowest BCUT2D eigenvalue weighted by atomic mass is 9.92. The zero-order valence-corrected chi connectivity index (χ0v) is 12.2. The van der Waals surface area contributed by atoms with E-state index in [1.165, 1.54) is 6.07 Å². The molecule has 0 heterocycles. The third-order valence-electron chi connectivity index (χ3n) is 3.87. The SMILES string of the molecule is OC(CNC1CCCCC1O)COCc1ccccc1F. The van der Waals surface area contributed by atoms with Gasteiger partial charge in [0.15, 0.2) is 0 Å². The Kier molecular flexibility index (Phi) is 6.57. The predicted octanol–water partition coefficient (Wildman–Crippen LogP) is 1.60. The molecule has 0 saturated heterocycles. The van der Waals surface area contributed by atoms with E-state index < -0.39 is 6.10 Å². The average Bonchev–Trinajstić information content (AvgIpc) is 2.48. The maximum absolute atomic E-state index is 13.4. The van der Waals surface area contributed by atoms with E-state index in [0.29, 0.717) is 12.1 Å². The fourth-order valence-electron chi connectivity index (χ4n) is 2.62. The summed E-state index contributed by atoms with van der Waals surface area (Å²) in [6, 6.07) is 6.50. The highest BCUT2D eigenvalue weighted by Gasteiger charge is 2.22. The topological polar surface area (TPSA) is 61.7 Å². The Hall–Kier alpha value is -1.01. The lowest BCUT2D eigenvalue weighted by Gasteiger charge is -2.29. The molecule has 4 nitrogen and oxygen atoms in total. The van der Waals surface area contributed by atoms with Crippen molar-refractivity contribution in [1.82, 2.24) is 5.32 Å². The van der Waals surface area contributed by atoms with Crippen LogP contribution in [0.4, 0.5) is 4.39 Å². The number of hydrogen-bond donors (Lipinski definition) is 3. The zero-order chi connectivity index (χ0) is 15.1. The van der Waals surface area contributed by atoms with E-state index in [4.69, 9.17) is 4.74 Å². The van der Waals surface area contributed by atoms with E-state index in [1.807, 2.05) is 0 Å². The molecular weight excluding hydrogens is 273 g/mol. The van der Waals surface area contributed by atoms with Gasteiger partial charge in [0.05, 0.1) is 25.4 Å². The number of ether oxygens (including phenoxy) is 1. The molecule has 0 radical (unpaired) electrons. The molecule has 0 spiro atoms. The van der Waals surface area contributed by atoms with Gasteiger partial charge in [0, 0.05) is 18.2 Å². The summed E-state index contributed by atoms with van der Waals surface area (Å²) in [6.07, 6.45) is 2.93. The van der Waals surface area contributed by atoms with Crippen LogP contribution in [0.3, 0.4) is 0 Å². The molecule has 0 aliphatic heterocycles. The minimum atomic E-state index is -0.661. The second-order valence-corrected chi connectivity index (χ2v) is 5.63. The van der Waals surface area contributed by atoms with Crippen LogP contribution in [0, 0.1) is 5.82 Å². The molecule has 0 aromatic heterocycles. The van der Waals surface area contributed by atoms with Crippen LogP contribution in [0.5, 0.6) is 0 Å². The molecule has 118 valence electrons. The molecule has 21 heavy (non-hydrogen) atoms. The Labute approximate surface area is 124 Å². The van der Waals surface area contributed by atoms with Gasteiger partial charge in [-0.15, -0.1) is 0 Å². The number of aliphatic hydroxyl groups is 2. The second kappa shape index (κ2) is 8.44. The summed E-state index contributed by atoms with van der Waals surface area (Å²) in [7, 11) is 0. The van der Waals surface area contributed by atoms with Crippen LogP contribution in [0.25, 0.3) is 0 Å². The molecule has 1 fully saturated rings. The molecule has 1 saturated carbocycles. The molecule has 2 rings (SSSR count). The molecule has 1 aliphatic carbocycles. The normalized spacial score (nSPS) is 24.0. The Balaban J connectivity index is 1.63. The van der Waals surface area contributed by atoms with Crippen molar-refractivity contribution in [3.05, 3.63) is 35.6 Å². The van der Waals surface area contributed by atoms with Gasteiger partial charge in [-0.25, -0.2) is 4.39 Å².